The molecule has 2 atom stereocenters. The number of fused-ring (bicyclic) bond motifs is 17. The van der Waals surface area contributed by atoms with Crippen LogP contribution in [0.2, 0.25) is 0 Å². The highest BCUT2D eigenvalue weighted by atomic mass is 16.3. The van der Waals surface area contributed by atoms with E-state index < -0.39 is 0 Å². The Morgan fingerprint density at radius 2 is 0.952 bits per heavy atom. The highest BCUT2D eigenvalue weighted by Gasteiger charge is 2.57. The van der Waals surface area contributed by atoms with E-state index in [1.165, 1.54) is 93.7 Å². The Labute approximate surface area is 359 Å². The molecule has 2 unspecified atom stereocenters. The van der Waals surface area contributed by atoms with Gasteiger partial charge in [-0.1, -0.05) is 200 Å². The lowest BCUT2D eigenvalue weighted by molar-refractivity contribution is 0.465. The summed E-state index contributed by atoms with van der Waals surface area (Å²) in [6.07, 6.45) is 9.44. The molecule has 1 heterocycles. The Morgan fingerprint density at radius 3 is 1.66 bits per heavy atom. The third-order valence-electron chi connectivity index (χ3n) is 14.6. The van der Waals surface area contributed by atoms with Crippen LogP contribution >= 0.6 is 0 Å². The summed E-state index contributed by atoms with van der Waals surface area (Å²) < 4.78 is 6.57. The standard InChI is InChI=1S/C61H38O/c1-2-15-42-37(14-1)32-35-51-59-41(23-13-27-56(59)62-60(42)51)38-28-30-39(31-29-38)57-47-19-3-5-21-49(47)58(50-22-6-4-20-48(50)57)40-33-34-46-45-18-9-12-26-54(45)61(55(46)36-40)52-24-10-7-16-43(52)44-17-8-11-25-53(44)61/h1-36,45,54H. The van der Waals surface area contributed by atoms with Crippen molar-refractivity contribution < 1.29 is 4.42 Å². The first kappa shape index (κ1) is 34.0. The second-order valence-electron chi connectivity index (χ2n) is 17.4. The molecule has 0 bridgehead atoms. The normalized spacial score (nSPS) is 16.7. The van der Waals surface area contributed by atoms with E-state index in [0.29, 0.717) is 11.8 Å². The van der Waals surface area contributed by atoms with Crippen molar-refractivity contribution in [3.05, 3.63) is 241 Å². The van der Waals surface area contributed by atoms with Crippen molar-refractivity contribution in [2.24, 2.45) is 5.92 Å². The molecule has 10 aromatic carbocycles. The molecule has 1 spiro atoms. The monoisotopic (exact) mass is 786 g/mol. The van der Waals surface area contributed by atoms with Crippen molar-refractivity contribution in [2.75, 3.05) is 0 Å². The smallest absolute Gasteiger partial charge is 0.143 e. The van der Waals surface area contributed by atoms with Crippen LogP contribution in [0.15, 0.2) is 223 Å². The highest BCUT2D eigenvalue weighted by molar-refractivity contribution is 6.22. The fourth-order valence-electron chi connectivity index (χ4n) is 12.1. The SMILES string of the molecule is C1=CC2c3ccc(-c4c5ccccc5c(-c5ccc(-c6cccc7oc8c9ccccc9ccc8c67)cc5)c5ccccc45)cc3C3(c4ccccc4-c4ccccc43)C2C=C1. The Bertz CT molecular complexity index is 3660. The van der Waals surface area contributed by atoms with Crippen molar-refractivity contribution in [3.63, 3.8) is 0 Å². The molecule has 0 fully saturated rings. The van der Waals surface area contributed by atoms with Gasteiger partial charge in [0.15, 0.2) is 0 Å². The van der Waals surface area contributed by atoms with E-state index in [0.717, 1.165) is 27.3 Å². The number of rotatable bonds is 3. The van der Waals surface area contributed by atoms with Gasteiger partial charge in [-0.15, -0.1) is 0 Å². The predicted molar refractivity (Wildman–Crippen MR) is 259 cm³/mol. The van der Waals surface area contributed by atoms with Crippen molar-refractivity contribution >= 4 is 54.3 Å². The van der Waals surface area contributed by atoms with Gasteiger partial charge in [0.2, 0.25) is 0 Å². The molecule has 288 valence electrons. The van der Waals surface area contributed by atoms with Gasteiger partial charge in [-0.25, -0.2) is 0 Å². The number of benzene rings is 10. The van der Waals surface area contributed by atoms with Gasteiger partial charge < -0.3 is 4.42 Å². The van der Waals surface area contributed by atoms with E-state index in [1.807, 2.05) is 0 Å². The summed E-state index contributed by atoms with van der Waals surface area (Å²) in [5.74, 6) is 0.599. The Balaban J connectivity index is 0.959. The highest BCUT2D eigenvalue weighted by Crippen LogP contribution is 2.65. The summed E-state index contributed by atoms with van der Waals surface area (Å²) in [7, 11) is 0. The molecule has 11 aromatic rings. The summed E-state index contributed by atoms with van der Waals surface area (Å²) in [6, 6.07) is 72.4. The average molecular weight is 787 g/mol. The van der Waals surface area contributed by atoms with Crippen molar-refractivity contribution in [1.82, 2.24) is 0 Å². The molecule has 62 heavy (non-hydrogen) atoms. The quantitative estimate of drug-likeness (QED) is 0.163. The predicted octanol–water partition coefficient (Wildman–Crippen LogP) is 16.2. The summed E-state index contributed by atoms with van der Waals surface area (Å²) in [5.41, 5.74) is 17.4. The molecule has 1 nitrogen and oxygen atoms in total. The van der Waals surface area contributed by atoms with Gasteiger partial charge in [-0.3, -0.25) is 0 Å². The number of allylic oxidation sites excluding steroid dienone is 4. The van der Waals surface area contributed by atoms with Crippen LogP contribution < -0.4 is 0 Å². The third-order valence-corrected chi connectivity index (χ3v) is 14.6. The van der Waals surface area contributed by atoms with Gasteiger partial charge in [0.1, 0.15) is 11.2 Å². The minimum atomic E-state index is -0.279. The summed E-state index contributed by atoms with van der Waals surface area (Å²) in [5, 5.41) is 9.70. The summed E-state index contributed by atoms with van der Waals surface area (Å²) in [6.45, 7) is 0. The van der Waals surface area contributed by atoms with Gasteiger partial charge in [0.25, 0.3) is 0 Å². The molecule has 3 aliphatic rings. The maximum absolute atomic E-state index is 6.57. The number of hydrogen-bond donors (Lipinski definition) is 0. The molecule has 3 aliphatic carbocycles. The van der Waals surface area contributed by atoms with Gasteiger partial charge in [-0.2, -0.15) is 0 Å². The lowest BCUT2D eigenvalue weighted by Crippen LogP contribution is -2.32. The van der Waals surface area contributed by atoms with Crippen LogP contribution in [-0.2, 0) is 5.41 Å². The zero-order chi connectivity index (χ0) is 40.5. The van der Waals surface area contributed by atoms with Crippen LogP contribution in [0.3, 0.4) is 0 Å². The Morgan fingerprint density at radius 1 is 0.387 bits per heavy atom. The Hall–Kier alpha value is -7.74. The Kier molecular flexibility index (Phi) is 6.94. The zero-order valence-corrected chi connectivity index (χ0v) is 33.8. The van der Waals surface area contributed by atoms with Crippen LogP contribution in [0, 0.1) is 5.92 Å². The molecular formula is C61H38O. The molecule has 0 saturated heterocycles. The third kappa shape index (κ3) is 4.42. The zero-order valence-electron chi connectivity index (χ0n) is 33.8. The maximum Gasteiger partial charge on any atom is 0.143 e. The molecule has 0 radical (unpaired) electrons. The molecule has 0 N–H and O–H groups in total. The van der Waals surface area contributed by atoms with E-state index in [1.54, 1.807) is 0 Å². The van der Waals surface area contributed by atoms with Crippen LogP contribution in [0.4, 0.5) is 0 Å². The van der Waals surface area contributed by atoms with Crippen LogP contribution in [-0.4, -0.2) is 0 Å². The van der Waals surface area contributed by atoms with E-state index in [2.05, 4.69) is 218 Å². The van der Waals surface area contributed by atoms with Crippen LogP contribution in [0.5, 0.6) is 0 Å². The van der Waals surface area contributed by atoms with Crippen molar-refractivity contribution in [1.29, 1.82) is 0 Å². The first-order valence-electron chi connectivity index (χ1n) is 21.8. The van der Waals surface area contributed by atoms with Gasteiger partial charge in [-0.05, 0) is 112 Å². The minimum Gasteiger partial charge on any atom is -0.455 e. The second-order valence-corrected chi connectivity index (χ2v) is 17.4. The fourth-order valence-corrected chi connectivity index (χ4v) is 12.1. The lowest BCUT2D eigenvalue weighted by atomic mass is 9.65. The molecule has 14 rings (SSSR count). The van der Waals surface area contributed by atoms with Crippen molar-refractivity contribution in [2.45, 2.75) is 11.3 Å². The van der Waals surface area contributed by atoms with E-state index in [-0.39, 0.29) is 5.41 Å². The average Bonchev–Trinajstić information content (AvgIpc) is 3.98. The largest absolute Gasteiger partial charge is 0.455 e. The lowest BCUT2D eigenvalue weighted by Gasteiger charge is -2.36. The summed E-state index contributed by atoms with van der Waals surface area (Å²) >= 11 is 0. The molecule has 1 heteroatoms. The summed E-state index contributed by atoms with van der Waals surface area (Å²) in [4.78, 5) is 0. The van der Waals surface area contributed by atoms with Gasteiger partial charge in [0, 0.05) is 28.0 Å². The van der Waals surface area contributed by atoms with Crippen LogP contribution in [0.25, 0.3) is 98.8 Å². The van der Waals surface area contributed by atoms with E-state index in [4.69, 9.17) is 4.42 Å². The maximum atomic E-state index is 6.57. The minimum absolute atomic E-state index is 0.279. The molecule has 1 aromatic heterocycles. The van der Waals surface area contributed by atoms with Crippen LogP contribution in [0.1, 0.15) is 28.2 Å². The molecule has 0 aliphatic heterocycles. The van der Waals surface area contributed by atoms with E-state index >= 15 is 0 Å². The number of furan rings is 1. The molecular weight excluding hydrogens is 749 g/mol. The molecule has 0 amide bonds. The van der Waals surface area contributed by atoms with Gasteiger partial charge >= 0.3 is 0 Å². The van der Waals surface area contributed by atoms with E-state index in [9.17, 15) is 0 Å². The first-order valence-corrected chi connectivity index (χ1v) is 21.8. The second kappa shape index (κ2) is 12.6. The number of hydrogen-bond acceptors (Lipinski definition) is 1. The van der Waals surface area contributed by atoms with Gasteiger partial charge in [0.05, 0.1) is 5.41 Å². The van der Waals surface area contributed by atoms with Crippen molar-refractivity contribution in [3.8, 4) is 44.5 Å². The topological polar surface area (TPSA) is 13.1 Å². The first-order chi connectivity index (χ1) is 30.8. The fraction of sp³-hybridized carbons (Fsp3) is 0.0492. The molecule has 0 saturated carbocycles.